The molecule has 77 valence electrons. The summed E-state index contributed by atoms with van der Waals surface area (Å²) in [5.41, 5.74) is 0. The van der Waals surface area contributed by atoms with E-state index in [0.29, 0.717) is 13.1 Å². The van der Waals surface area contributed by atoms with E-state index in [0.717, 1.165) is 0 Å². The van der Waals surface area contributed by atoms with Crippen LogP contribution in [-0.4, -0.2) is 49.9 Å². The molecule has 1 radical (unpaired) electrons. The Bertz CT molecular complexity index is 160. The fourth-order valence-corrected chi connectivity index (χ4v) is 1.36. The second-order valence-corrected chi connectivity index (χ2v) is 3.05. The van der Waals surface area contributed by atoms with Crippen LogP contribution >= 0.6 is 0 Å². The van der Waals surface area contributed by atoms with Gasteiger partial charge >= 0.3 is 6.18 Å². The van der Waals surface area contributed by atoms with E-state index < -0.39 is 12.2 Å². The SMILES string of the molecule is [O]CCN1CCNC(C(F)(F)F)C1. The maximum Gasteiger partial charge on any atom is 0.405 e. The average Bonchev–Trinajstić information content (AvgIpc) is 2.04. The zero-order valence-electron chi connectivity index (χ0n) is 7.10. The lowest BCUT2D eigenvalue weighted by molar-refractivity contribution is -0.165. The van der Waals surface area contributed by atoms with Crippen molar-refractivity contribution >= 4 is 0 Å². The van der Waals surface area contributed by atoms with E-state index in [-0.39, 0.29) is 19.7 Å². The van der Waals surface area contributed by atoms with Gasteiger partial charge < -0.3 is 5.32 Å². The topological polar surface area (TPSA) is 35.2 Å². The Morgan fingerprint density at radius 1 is 1.46 bits per heavy atom. The number of halogens is 3. The van der Waals surface area contributed by atoms with Gasteiger partial charge in [-0.1, -0.05) is 0 Å². The number of rotatable bonds is 2. The molecule has 1 unspecified atom stereocenters. The molecule has 3 nitrogen and oxygen atoms in total. The van der Waals surface area contributed by atoms with Crippen LogP contribution in [0.2, 0.25) is 0 Å². The lowest BCUT2D eigenvalue weighted by atomic mass is 10.2. The summed E-state index contributed by atoms with van der Waals surface area (Å²) in [7, 11) is 0. The lowest BCUT2D eigenvalue weighted by Gasteiger charge is -2.33. The summed E-state index contributed by atoms with van der Waals surface area (Å²) in [6.45, 7) is 0.573. The van der Waals surface area contributed by atoms with Crippen LogP contribution in [0.4, 0.5) is 13.2 Å². The summed E-state index contributed by atoms with van der Waals surface area (Å²) < 4.78 is 36.6. The van der Waals surface area contributed by atoms with Crippen molar-refractivity contribution in [2.75, 3.05) is 32.8 Å². The fraction of sp³-hybridized carbons (Fsp3) is 1.00. The molecule has 1 aliphatic heterocycles. The number of hydrogen-bond acceptors (Lipinski definition) is 2. The normalized spacial score (nSPS) is 26.3. The van der Waals surface area contributed by atoms with Crippen LogP contribution in [0.5, 0.6) is 0 Å². The van der Waals surface area contributed by atoms with Crippen molar-refractivity contribution in [2.24, 2.45) is 0 Å². The first kappa shape index (κ1) is 10.7. The second-order valence-electron chi connectivity index (χ2n) is 3.05. The largest absolute Gasteiger partial charge is 0.405 e. The highest BCUT2D eigenvalue weighted by atomic mass is 19.4. The molecule has 1 saturated heterocycles. The Balaban J connectivity index is 2.42. The predicted molar refractivity (Wildman–Crippen MR) is 39.8 cm³/mol. The summed E-state index contributed by atoms with van der Waals surface area (Å²) >= 11 is 0. The van der Waals surface area contributed by atoms with Gasteiger partial charge in [-0.05, 0) is 0 Å². The maximum absolute atomic E-state index is 12.2. The molecule has 0 saturated carbocycles. The molecule has 0 aromatic carbocycles. The quantitative estimate of drug-likeness (QED) is 0.688. The van der Waals surface area contributed by atoms with Crippen molar-refractivity contribution in [1.29, 1.82) is 0 Å². The number of nitrogens with one attached hydrogen (secondary N) is 1. The highest BCUT2D eigenvalue weighted by Crippen LogP contribution is 2.22. The highest BCUT2D eigenvalue weighted by Gasteiger charge is 2.41. The molecule has 1 N–H and O–H groups in total. The Hall–Kier alpha value is -0.330. The molecule has 0 bridgehead atoms. The average molecular weight is 197 g/mol. The van der Waals surface area contributed by atoms with Crippen LogP contribution in [-0.2, 0) is 5.11 Å². The fourth-order valence-electron chi connectivity index (χ4n) is 1.36. The van der Waals surface area contributed by atoms with Gasteiger partial charge in [-0.15, -0.1) is 0 Å². The van der Waals surface area contributed by atoms with E-state index in [1.807, 2.05) is 0 Å². The monoisotopic (exact) mass is 197 g/mol. The first-order valence-corrected chi connectivity index (χ1v) is 4.14. The smallest absolute Gasteiger partial charge is 0.304 e. The van der Waals surface area contributed by atoms with Crippen LogP contribution in [0.3, 0.4) is 0 Å². The summed E-state index contributed by atoms with van der Waals surface area (Å²) in [5.74, 6) is 0. The predicted octanol–water partition coefficient (Wildman–Crippen LogP) is 0.253. The molecule has 0 spiro atoms. The molecule has 1 heterocycles. The standard InChI is InChI=1S/C7H12F3N2O/c8-7(9,10)6-5-12(3-4-13)2-1-11-6/h6,11H,1-5H2. The Morgan fingerprint density at radius 2 is 2.15 bits per heavy atom. The number of nitrogens with zero attached hydrogens (tertiary/aromatic N) is 1. The van der Waals surface area contributed by atoms with E-state index in [2.05, 4.69) is 5.32 Å². The van der Waals surface area contributed by atoms with Gasteiger partial charge in [-0.2, -0.15) is 13.2 Å². The van der Waals surface area contributed by atoms with Gasteiger partial charge in [0.25, 0.3) is 0 Å². The number of hydrogen-bond donors (Lipinski definition) is 1. The zero-order valence-corrected chi connectivity index (χ0v) is 7.10. The Labute approximate surface area is 74.5 Å². The molecule has 1 rings (SSSR count). The van der Waals surface area contributed by atoms with Gasteiger partial charge in [0.2, 0.25) is 0 Å². The van der Waals surface area contributed by atoms with Crippen molar-refractivity contribution in [3.63, 3.8) is 0 Å². The number of alkyl halides is 3. The first-order chi connectivity index (χ1) is 6.04. The van der Waals surface area contributed by atoms with Gasteiger partial charge in [-0.3, -0.25) is 4.90 Å². The molecule has 0 aromatic heterocycles. The summed E-state index contributed by atoms with van der Waals surface area (Å²) in [6.07, 6.45) is -4.21. The van der Waals surface area contributed by atoms with Crippen molar-refractivity contribution in [3.05, 3.63) is 0 Å². The summed E-state index contributed by atoms with van der Waals surface area (Å²) in [5, 5.41) is 12.6. The van der Waals surface area contributed by atoms with Crippen LogP contribution in [0.25, 0.3) is 0 Å². The van der Waals surface area contributed by atoms with E-state index in [1.54, 1.807) is 4.90 Å². The van der Waals surface area contributed by atoms with Crippen LogP contribution in [0, 0.1) is 0 Å². The van der Waals surface area contributed by atoms with Gasteiger partial charge in [0.1, 0.15) is 6.04 Å². The molecule has 1 atom stereocenters. The maximum atomic E-state index is 12.2. The third-order valence-corrected chi connectivity index (χ3v) is 2.06. The molecule has 0 aromatic rings. The van der Waals surface area contributed by atoms with Crippen molar-refractivity contribution in [2.45, 2.75) is 12.2 Å². The third-order valence-electron chi connectivity index (χ3n) is 2.06. The van der Waals surface area contributed by atoms with Crippen LogP contribution < -0.4 is 5.32 Å². The molecule has 1 aliphatic rings. The van der Waals surface area contributed by atoms with Crippen molar-refractivity contribution < 1.29 is 18.3 Å². The molecular formula is C7H12F3N2O. The van der Waals surface area contributed by atoms with Gasteiger partial charge in [0.15, 0.2) is 0 Å². The van der Waals surface area contributed by atoms with E-state index >= 15 is 0 Å². The molecule has 13 heavy (non-hydrogen) atoms. The Morgan fingerprint density at radius 3 is 2.69 bits per heavy atom. The van der Waals surface area contributed by atoms with Gasteiger partial charge in [0, 0.05) is 26.2 Å². The minimum atomic E-state index is -4.21. The van der Waals surface area contributed by atoms with Gasteiger partial charge in [-0.25, -0.2) is 5.11 Å². The molecule has 0 amide bonds. The lowest BCUT2D eigenvalue weighted by Crippen LogP contribution is -2.57. The molecule has 1 fully saturated rings. The van der Waals surface area contributed by atoms with E-state index in [9.17, 15) is 18.3 Å². The second kappa shape index (κ2) is 4.26. The van der Waals surface area contributed by atoms with Crippen molar-refractivity contribution in [1.82, 2.24) is 10.2 Å². The van der Waals surface area contributed by atoms with Gasteiger partial charge in [0.05, 0.1) is 6.61 Å². The highest BCUT2D eigenvalue weighted by molar-refractivity contribution is 4.83. The third kappa shape index (κ3) is 3.13. The minimum Gasteiger partial charge on any atom is -0.304 e. The zero-order chi connectivity index (χ0) is 9.90. The summed E-state index contributed by atoms with van der Waals surface area (Å²) in [6, 6.07) is -1.48. The Kier molecular flexibility index (Phi) is 3.52. The molecule has 6 heteroatoms. The van der Waals surface area contributed by atoms with E-state index in [4.69, 9.17) is 0 Å². The van der Waals surface area contributed by atoms with Crippen molar-refractivity contribution in [3.8, 4) is 0 Å². The molecular weight excluding hydrogens is 185 g/mol. The van der Waals surface area contributed by atoms with Crippen LogP contribution in [0.1, 0.15) is 0 Å². The summed E-state index contributed by atoms with van der Waals surface area (Å²) in [4.78, 5) is 1.54. The van der Waals surface area contributed by atoms with Crippen LogP contribution in [0.15, 0.2) is 0 Å². The molecule has 0 aliphatic carbocycles. The number of piperazine rings is 1. The van der Waals surface area contributed by atoms with E-state index in [1.165, 1.54) is 0 Å². The minimum absolute atomic E-state index is 0.105. The first-order valence-electron chi connectivity index (χ1n) is 4.14.